The van der Waals surface area contributed by atoms with Crippen LogP contribution < -0.4 is 15.5 Å². The van der Waals surface area contributed by atoms with Crippen molar-refractivity contribution in [2.45, 2.75) is 26.7 Å². The van der Waals surface area contributed by atoms with Crippen LogP contribution in [0.1, 0.15) is 26.7 Å². The second-order valence-corrected chi connectivity index (χ2v) is 5.91. The summed E-state index contributed by atoms with van der Waals surface area (Å²) in [4.78, 5) is 7.05. The highest BCUT2D eigenvalue weighted by atomic mass is 16.5. The Hall–Kier alpha value is -1.79. The van der Waals surface area contributed by atoms with Crippen molar-refractivity contribution in [1.82, 2.24) is 10.6 Å². The van der Waals surface area contributed by atoms with Crippen molar-refractivity contribution in [2.24, 2.45) is 4.99 Å². The Morgan fingerprint density at radius 2 is 1.85 bits per heavy atom. The molecule has 2 N–H and O–H groups in total. The number of anilines is 1. The Balaban J connectivity index is 2.25. The van der Waals surface area contributed by atoms with Crippen molar-refractivity contribution in [3.05, 3.63) is 30.3 Å². The molecule has 0 aliphatic rings. The number of ether oxygens (including phenoxy) is 2. The van der Waals surface area contributed by atoms with Crippen LogP contribution in [0.4, 0.5) is 5.69 Å². The summed E-state index contributed by atoms with van der Waals surface area (Å²) >= 11 is 0. The number of hydrogen-bond acceptors (Lipinski definition) is 4. The lowest BCUT2D eigenvalue weighted by Gasteiger charge is -2.22. The minimum atomic E-state index is 0.648. The van der Waals surface area contributed by atoms with E-state index in [4.69, 9.17) is 9.47 Å². The maximum Gasteiger partial charge on any atom is 0.191 e. The normalized spacial score (nSPS) is 11.4. The number of benzene rings is 1. The van der Waals surface area contributed by atoms with E-state index in [0.717, 1.165) is 58.1 Å². The molecule has 0 amide bonds. The number of guanidine groups is 1. The van der Waals surface area contributed by atoms with Crippen LogP contribution in [0.2, 0.25) is 0 Å². The molecule has 0 saturated heterocycles. The molecule has 0 radical (unpaired) electrons. The zero-order valence-corrected chi connectivity index (χ0v) is 16.7. The van der Waals surface area contributed by atoms with Gasteiger partial charge < -0.3 is 25.0 Å². The summed E-state index contributed by atoms with van der Waals surface area (Å²) in [6.45, 7) is 10.9. The van der Waals surface area contributed by atoms with Gasteiger partial charge in [-0.25, -0.2) is 0 Å². The first-order valence-corrected chi connectivity index (χ1v) is 9.70. The number of nitrogens with one attached hydrogen (secondary N) is 2. The van der Waals surface area contributed by atoms with Crippen molar-refractivity contribution in [3.63, 3.8) is 0 Å². The summed E-state index contributed by atoms with van der Waals surface area (Å²) < 4.78 is 10.4. The monoisotopic (exact) mass is 364 g/mol. The minimum Gasteiger partial charge on any atom is -0.382 e. The molecule has 0 bridgehead atoms. The molecule has 0 aliphatic carbocycles. The third kappa shape index (κ3) is 10.3. The molecule has 1 aromatic rings. The first kappa shape index (κ1) is 22.3. The minimum absolute atomic E-state index is 0.648. The van der Waals surface area contributed by atoms with Crippen molar-refractivity contribution in [2.75, 3.05) is 64.6 Å². The van der Waals surface area contributed by atoms with Gasteiger partial charge in [0.1, 0.15) is 0 Å². The third-order valence-electron chi connectivity index (χ3n) is 3.89. The summed E-state index contributed by atoms with van der Waals surface area (Å²) in [6, 6.07) is 10.5. The van der Waals surface area contributed by atoms with E-state index in [2.05, 4.69) is 64.7 Å². The highest BCUT2D eigenvalue weighted by molar-refractivity contribution is 5.79. The lowest BCUT2D eigenvalue weighted by atomic mass is 10.2. The Morgan fingerprint density at radius 1 is 1.04 bits per heavy atom. The van der Waals surface area contributed by atoms with Crippen molar-refractivity contribution in [1.29, 1.82) is 0 Å². The molecule has 0 atom stereocenters. The molecule has 0 saturated carbocycles. The molecule has 0 unspecified atom stereocenters. The number of rotatable bonds is 14. The molecule has 1 rings (SSSR count). The highest BCUT2D eigenvalue weighted by Gasteiger charge is 2.03. The van der Waals surface area contributed by atoms with Crippen molar-refractivity contribution >= 4 is 11.6 Å². The molecule has 0 fully saturated rings. The van der Waals surface area contributed by atoms with Crippen LogP contribution in [-0.2, 0) is 9.47 Å². The molecule has 26 heavy (non-hydrogen) atoms. The molecular weight excluding hydrogens is 328 g/mol. The van der Waals surface area contributed by atoms with Gasteiger partial charge in [0.25, 0.3) is 0 Å². The largest absolute Gasteiger partial charge is 0.382 e. The van der Waals surface area contributed by atoms with E-state index in [-0.39, 0.29) is 0 Å². The summed E-state index contributed by atoms with van der Waals surface area (Å²) in [6.07, 6.45) is 1.98. The summed E-state index contributed by atoms with van der Waals surface area (Å²) in [5.41, 5.74) is 1.28. The van der Waals surface area contributed by atoms with E-state index in [9.17, 15) is 0 Å². The predicted octanol–water partition coefficient (Wildman–Crippen LogP) is 2.51. The van der Waals surface area contributed by atoms with Crippen molar-refractivity contribution < 1.29 is 9.47 Å². The maximum atomic E-state index is 5.46. The van der Waals surface area contributed by atoms with Crippen LogP contribution >= 0.6 is 0 Å². The number of hydrogen-bond donors (Lipinski definition) is 2. The highest BCUT2D eigenvalue weighted by Crippen LogP contribution is 2.12. The van der Waals surface area contributed by atoms with E-state index in [1.807, 2.05) is 0 Å². The molecule has 1 aromatic carbocycles. The number of methoxy groups -OCH3 is 1. The average Bonchev–Trinajstić information content (AvgIpc) is 2.68. The second-order valence-electron chi connectivity index (χ2n) is 5.91. The molecule has 0 aliphatic heterocycles. The molecule has 0 aromatic heterocycles. The van der Waals surface area contributed by atoms with Gasteiger partial charge in [-0.15, -0.1) is 0 Å². The average molecular weight is 365 g/mol. The van der Waals surface area contributed by atoms with Crippen LogP contribution in [0.5, 0.6) is 0 Å². The lowest BCUT2D eigenvalue weighted by Crippen LogP contribution is -2.38. The molecule has 6 nitrogen and oxygen atoms in total. The van der Waals surface area contributed by atoms with Crippen LogP contribution in [0.15, 0.2) is 35.3 Å². The number of para-hydroxylation sites is 1. The fraction of sp³-hybridized carbons (Fsp3) is 0.650. The van der Waals surface area contributed by atoms with Crippen LogP contribution in [-0.4, -0.2) is 65.6 Å². The second kappa shape index (κ2) is 15.5. The third-order valence-corrected chi connectivity index (χ3v) is 3.89. The van der Waals surface area contributed by atoms with Gasteiger partial charge in [-0.1, -0.05) is 18.2 Å². The Morgan fingerprint density at radius 3 is 2.54 bits per heavy atom. The summed E-state index contributed by atoms with van der Waals surface area (Å²) in [5.74, 6) is 0.882. The van der Waals surface area contributed by atoms with Gasteiger partial charge in [-0.2, -0.15) is 0 Å². The molecule has 6 heteroatoms. The predicted molar refractivity (Wildman–Crippen MR) is 110 cm³/mol. The van der Waals surface area contributed by atoms with Gasteiger partial charge >= 0.3 is 0 Å². The van der Waals surface area contributed by atoms with E-state index in [1.165, 1.54) is 5.69 Å². The Labute approximate surface area is 159 Å². The molecule has 0 spiro atoms. The Bertz CT molecular complexity index is 468. The zero-order chi connectivity index (χ0) is 18.9. The SMILES string of the molecule is CCNC(=NCCCN(CC)c1ccccc1)NCCCOCCOC. The fourth-order valence-electron chi connectivity index (χ4n) is 2.53. The quantitative estimate of drug-likeness (QED) is 0.302. The first-order chi connectivity index (χ1) is 12.8. The van der Waals surface area contributed by atoms with E-state index < -0.39 is 0 Å². The van der Waals surface area contributed by atoms with E-state index >= 15 is 0 Å². The molecule has 148 valence electrons. The van der Waals surface area contributed by atoms with Gasteiger partial charge in [-0.05, 0) is 38.8 Å². The Kier molecular flexibility index (Phi) is 13.2. The van der Waals surface area contributed by atoms with Gasteiger partial charge in [0, 0.05) is 52.1 Å². The first-order valence-electron chi connectivity index (χ1n) is 9.70. The van der Waals surface area contributed by atoms with Crippen LogP contribution in [0.25, 0.3) is 0 Å². The van der Waals surface area contributed by atoms with Crippen LogP contribution in [0, 0.1) is 0 Å². The zero-order valence-electron chi connectivity index (χ0n) is 16.7. The standard InChI is InChI=1S/C20H36N4O2/c1-4-21-20(23-14-10-16-26-18-17-25-3)22-13-9-15-24(5-2)19-11-7-6-8-12-19/h6-8,11-12H,4-5,9-10,13-18H2,1-3H3,(H2,21,22,23). The number of aliphatic imine (C=N–C) groups is 1. The van der Waals surface area contributed by atoms with Gasteiger partial charge in [0.15, 0.2) is 5.96 Å². The summed E-state index contributed by atoms with van der Waals surface area (Å²) in [7, 11) is 1.68. The van der Waals surface area contributed by atoms with E-state index in [0.29, 0.717) is 13.2 Å². The van der Waals surface area contributed by atoms with Gasteiger partial charge in [0.05, 0.1) is 13.2 Å². The lowest BCUT2D eigenvalue weighted by molar-refractivity contribution is 0.0698. The van der Waals surface area contributed by atoms with Gasteiger partial charge in [-0.3, -0.25) is 4.99 Å². The van der Waals surface area contributed by atoms with Gasteiger partial charge in [0.2, 0.25) is 0 Å². The van der Waals surface area contributed by atoms with Crippen molar-refractivity contribution in [3.8, 4) is 0 Å². The molecular formula is C20H36N4O2. The van der Waals surface area contributed by atoms with Crippen LogP contribution in [0.3, 0.4) is 0 Å². The smallest absolute Gasteiger partial charge is 0.191 e. The van der Waals surface area contributed by atoms with E-state index in [1.54, 1.807) is 7.11 Å². The topological polar surface area (TPSA) is 58.1 Å². The molecule has 0 heterocycles. The fourth-order valence-corrected chi connectivity index (χ4v) is 2.53. The number of nitrogens with zero attached hydrogens (tertiary/aromatic N) is 2. The summed E-state index contributed by atoms with van der Waals surface area (Å²) in [5, 5.41) is 6.65. The maximum absolute atomic E-state index is 5.46.